The molecule has 1 aliphatic carbocycles. The van der Waals surface area contributed by atoms with Crippen molar-refractivity contribution in [2.24, 2.45) is 5.92 Å². The van der Waals surface area contributed by atoms with Gasteiger partial charge in [0.2, 0.25) is 5.91 Å². The van der Waals surface area contributed by atoms with Crippen LogP contribution in [0.25, 0.3) is 0 Å². The predicted molar refractivity (Wildman–Crippen MR) is 169 cm³/mol. The highest BCUT2D eigenvalue weighted by atomic mass is 35.5. The standard InChI is InChI=1S/C35H37ClN4O/c1-24(26-17-19-37-20-18-26)39-30-13-15-32(16-14-30)40-34(41)21-28-9-12-31(38-23-25-5-3-2-4-6-25)22-33(28)35(40)27-7-10-29(36)11-8-27/h7-20,22,24-25,35,38-39H,2-6,21,23H2,1H3. The SMILES string of the molecule is CC(Nc1ccc(N2C(=O)Cc3ccc(NCC4CCCCC4)cc3C2c2ccc(Cl)cc2)cc1)c1ccncc1. The summed E-state index contributed by atoms with van der Waals surface area (Å²) in [5.74, 6) is 0.824. The van der Waals surface area contributed by atoms with Gasteiger partial charge in [-0.05, 0) is 109 Å². The van der Waals surface area contributed by atoms with E-state index in [1.165, 1.54) is 37.7 Å². The Morgan fingerprint density at radius 3 is 2.34 bits per heavy atom. The topological polar surface area (TPSA) is 57.3 Å². The summed E-state index contributed by atoms with van der Waals surface area (Å²) in [5, 5.41) is 7.96. The van der Waals surface area contributed by atoms with Gasteiger partial charge in [0.15, 0.2) is 0 Å². The Labute approximate surface area is 248 Å². The summed E-state index contributed by atoms with van der Waals surface area (Å²) in [6.07, 6.45) is 10.6. The Kier molecular flexibility index (Phi) is 8.24. The molecule has 6 rings (SSSR count). The van der Waals surface area contributed by atoms with Crippen LogP contribution in [0.15, 0.2) is 91.3 Å². The van der Waals surface area contributed by atoms with Crippen LogP contribution >= 0.6 is 11.6 Å². The lowest BCUT2D eigenvalue weighted by Gasteiger charge is -2.38. The average molecular weight is 565 g/mol. The molecule has 2 heterocycles. The second-order valence-electron chi connectivity index (χ2n) is 11.4. The van der Waals surface area contributed by atoms with E-state index in [1.54, 1.807) is 0 Å². The van der Waals surface area contributed by atoms with Crippen LogP contribution in [0.1, 0.15) is 73.4 Å². The molecule has 41 heavy (non-hydrogen) atoms. The van der Waals surface area contributed by atoms with Gasteiger partial charge in [0.25, 0.3) is 0 Å². The molecule has 0 saturated heterocycles. The van der Waals surface area contributed by atoms with Crippen molar-refractivity contribution in [1.82, 2.24) is 4.98 Å². The van der Waals surface area contributed by atoms with Crippen LogP contribution < -0.4 is 15.5 Å². The minimum atomic E-state index is -0.241. The number of amides is 1. The van der Waals surface area contributed by atoms with E-state index in [0.29, 0.717) is 11.4 Å². The second kappa shape index (κ2) is 12.4. The van der Waals surface area contributed by atoms with E-state index in [0.717, 1.165) is 46.2 Å². The van der Waals surface area contributed by atoms with Crippen molar-refractivity contribution in [3.63, 3.8) is 0 Å². The van der Waals surface area contributed by atoms with Crippen LogP contribution in [0.3, 0.4) is 0 Å². The zero-order valence-corrected chi connectivity index (χ0v) is 24.3. The number of pyridine rings is 1. The molecule has 3 aromatic carbocycles. The first kappa shape index (κ1) is 27.3. The Bertz CT molecular complexity index is 1470. The van der Waals surface area contributed by atoms with E-state index >= 15 is 0 Å². The lowest BCUT2D eigenvalue weighted by Crippen LogP contribution is -2.41. The molecular formula is C35H37ClN4O. The first-order valence-corrected chi connectivity index (χ1v) is 15.1. The second-order valence-corrected chi connectivity index (χ2v) is 11.8. The molecule has 4 aromatic rings. The molecule has 2 aliphatic rings. The summed E-state index contributed by atoms with van der Waals surface area (Å²) in [6.45, 7) is 3.13. The van der Waals surface area contributed by atoms with Gasteiger partial charge in [0.1, 0.15) is 0 Å². The minimum Gasteiger partial charge on any atom is -0.385 e. The van der Waals surface area contributed by atoms with E-state index in [-0.39, 0.29) is 18.0 Å². The smallest absolute Gasteiger partial charge is 0.232 e. The maximum absolute atomic E-state index is 13.7. The molecule has 0 bridgehead atoms. The molecular weight excluding hydrogens is 528 g/mol. The van der Waals surface area contributed by atoms with Crippen LogP contribution in [-0.4, -0.2) is 17.4 Å². The van der Waals surface area contributed by atoms with Crippen LogP contribution in [0, 0.1) is 5.92 Å². The number of aromatic nitrogens is 1. The summed E-state index contributed by atoms with van der Waals surface area (Å²) in [6, 6.07) is 26.5. The molecule has 2 unspecified atom stereocenters. The molecule has 210 valence electrons. The molecule has 2 N–H and O–H groups in total. The van der Waals surface area contributed by atoms with Crippen molar-refractivity contribution in [3.8, 4) is 0 Å². The first-order valence-electron chi connectivity index (χ1n) is 14.8. The monoisotopic (exact) mass is 564 g/mol. The van der Waals surface area contributed by atoms with Gasteiger partial charge in [0.05, 0.1) is 12.5 Å². The molecule has 1 amide bonds. The average Bonchev–Trinajstić information content (AvgIpc) is 3.01. The zero-order chi connectivity index (χ0) is 28.2. The lowest BCUT2D eigenvalue weighted by atomic mass is 9.86. The van der Waals surface area contributed by atoms with Crippen molar-refractivity contribution >= 4 is 34.6 Å². The van der Waals surface area contributed by atoms with Crippen molar-refractivity contribution in [3.05, 3.63) is 119 Å². The number of rotatable bonds is 8. The molecule has 5 nitrogen and oxygen atoms in total. The van der Waals surface area contributed by atoms with Gasteiger partial charge in [-0.1, -0.05) is 49.1 Å². The number of carbonyl (C=O) groups excluding carboxylic acids is 1. The summed E-state index contributed by atoms with van der Waals surface area (Å²) in [5.41, 5.74) is 7.45. The van der Waals surface area contributed by atoms with E-state index in [9.17, 15) is 4.79 Å². The van der Waals surface area contributed by atoms with E-state index in [1.807, 2.05) is 65.8 Å². The molecule has 1 aromatic heterocycles. The third-order valence-corrected chi connectivity index (χ3v) is 8.80. The van der Waals surface area contributed by atoms with E-state index in [2.05, 4.69) is 52.9 Å². The first-order chi connectivity index (χ1) is 20.0. The van der Waals surface area contributed by atoms with Gasteiger partial charge in [-0.2, -0.15) is 0 Å². The fraction of sp³-hybridized carbons (Fsp3) is 0.314. The number of fused-ring (bicyclic) bond motifs is 1. The van der Waals surface area contributed by atoms with Crippen molar-refractivity contribution < 1.29 is 4.79 Å². The number of anilines is 3. The largest absolute Gasteiger partial charge is 0.385 e. The van der Waals surface area contributed by atoms with Crippen molar-refractivity contribution in [2.45, 2.75) is 57.5 Å². The molecule has 6 heteroatoms. The van der Waals surface area contributed by atoms with E-state index in [4.69, 9.17) is 11.6 Å². The number of hydrogen-bond donors (Lipinski definition) is 2. The van der Waals surface area contributed by atoms with Gasteiger partial charge in [0, 0.05) is 47.1 Å². The van der Waals surface area contributed by atoms with Crippen LogP contribution in [-0.2, 0) is 11.2 Å². The Morgan fingerprint density at radius 2 is 1.61 bits per heavy atom. The molecule has 1 fully saturated rings. The summed E-state index contributed by atoms with van der Waals surface area (Å²) < 4.78 is 0. The number of carbonyl (C=O) groups is 1. The summed E-state index contributed by atoms with van der Waals surface area (Å²) in [7, 11) is 0. The van der Waals surface area contributed by atoms with Gasteiger partial charge < -0.3 is 15.5 Å². The normalized spacial score (nSPS) is 18.0. The number of hydrogen-bond acceptors (Lipinski definition) is 4. The molecule has 1 saturated carbocycles. The van der Waals surface area contributed by atoms with Crippen LogP contribution in [0.4, 0.5) is 17.1 Å². The minimum absolute atomic E-state index is 0.0891. The number of benzene rings is 3. The maximum atomic E-state index is 13.7. The Balaban J connectivity index is 1.29. The summed E-state index contributed by atoms with van der Waals surface area (Å²) in [4.78, 5) is 19.8. The van der Waals surface area contributed by atoms with Crippen molar-refractivity contribution in [2.75, 3.05) is 22.1 Å². The van der Waals surface area contributed by atoms with Gasteiger partial charge in [-0.25, -0.2) is 0 Å². The molecule has 0 radical (unpaired) electrons. The van der Waals surface area contributed by atoms with Gasteiger partial charge in [-0.15, -0.1) is 0 Å². The van der Waals surface area contributed by atoms with Crippen LogP contribution in [0.2, 0.25) is 5.02 Å². The van der Waals surface area contributed by atoms with Crippen LogP contribution in [0.5, 0.6) is 0 Å². The fourth-order valence-corrected chi connectivity index (χ4v) is 6.40. The highest BCUT2D eigenvalue weighted by Crippen LogP contribution is 2.41. The lowest BCUT2D eigenvalue weighted by molar-refractivity contribution is -0.118. The predicted octanol–water partition coefficient (Wildman–Crippen LogP) is 8.58. The fourth-order valence-electron chi connectivity index (χ4n) is 6.28. The number of nitrogens with zero attached hydrogens (tertiary/aromatic N) is 2. The third-order valence-electron chi connectivity index (χ3n) is 8.55. The zero-order valence-electron chi connectivity index (χ0n) is 23.5. The quantitative estimate of drug-likeness (QED) is 0.225. The Morgan fingerprint density at radius 1 is 0.902 bits per heavy atom. The highest BCUT2D eigenvalue weighted by molar-refractivity contribution is 6.30. The molecule has 0 spiro atoms. The van der Waals surface area contributed by atoms with E-state index < -0.39 is 0 Å². The van der Waals surface area contributed by atoms with Gasteiger partial charge in [-0.3, -0.25) is 9.78 Å². The number of nitrogens with one attached hydrogen (secondary N) is 2. The number of halogens is 1. The Hall–Kier alpha value is -3.83. The molecule has 1 aliphatic heterocycles. The third kappa shape index (κ3) is 6.25. The maximum Gasteiger partial charge on any atom is 0.232 e. The van der Waals surface area contributed by atoms with Crippen molar-refractivity contribution in [1.29, 1.82) is 0 Å². The molecule has 2 atom stereocenters. The van der Waals surface area contributed by atoms with Gasteiger partial charge >= 0.3 is 0 Å². The highest BCUT2D eigenvalue weighted by Gasteiger charge is 2.35. The summed E-state index contributed by atoms with van der Waals surface area (Å²) >= 11 is 6.28.